The Morgan fingerprint density at radius 3 is 2.37 bits per heavy atom. The molecule has 1 heterocycles. The number of thiophene rings is 1. The Kier molecular flexibility index (Phi) is 6.65. The number of aryl methyl sites for hydroxylation is 1. The highest BCUT2D eigenvalue weighted by Crippen LogP contribution is 2.38. The molecule has 0 radical (unpaired) electrons. The summed E-state index contributed by atoms with van der Waals surface area (Å²) in [5, 5.41) is 12.6. The number of fused-ring (bicyclic) bond motifs is 1. The van der Waals surface area contributed by atoms with Gasteiger partial charge in [0.25, 0.3) is 5.91 Å². The van der Waals surface area contributed by atoms with Crippen molar-refractivity contribution in [3.8, 4) is 6.07 Å². The van der Waals surface area contributed by atoms with Gasteiger partial charge in [-0.15, -0.1) is 11.3 Å². The van der Waals surface area contributed by atoms with Crippen LogP contribution in [0.5, 0.6) is 0 Å². The first-order valence-electron chi connectivity index (χ1n) is 9.32. The molecule has 3 rings (SSSR count). The number of ether oxygens (including phenoxy) is 2. The van der Waals surface area contributed by atoms with Gasteiger partial charge in [-0.25, -0.2) is 9.59 Å². The van der Waals surface area contributed by atoms with Crippen LogP contribution in [0.15, 0.2) is 29.8 Å². The van der Waals surface area contributed by atoms with Gasteiger partial charge in [0.15, 0.2) is 0 Å². The predicted octanol–water partition coefficient (Wildman–Crippen LogP) is 3.75. The van der Waals surface area contributed by atoms with E-state index in [1.807, 2.05) is 6.07 Å². The molecule has 1 aliphatic rings. The van der Waals surface area contributed by atoms with Crippen molar-refractivity contribution in [1.29, 1.82) is 5.26 Å². The minimum Gasteiger partial charge on any atom is -0.465 e. The molecule has 154 valence electrons. The molecule has 0 aliphatic heterocycles. The Morgan fingerprint density at radius 1 is 1.07 bits per heavy atom. The van der Waals surface area contributed by atoms with Gasteiger partial charge in [0.2, 0.25) is 0 Å². The number of hydrogen-bond donors (Lipinski definition) is 1. The molecule has 0 fully saturated rings. The fourth-order valence-electron chi connectivity index (χ4n) is 3.29. The van der Waals surface area contributed by atoms with E-state index in [9.17, 15) is 19.6 Å². The number of hydrogen-bond acceptors (Lipinski definition) is 7. The van der Waals surface area contributed by atoms with E-state index < -0.39 is 17.8 Å². The fourth-order valence-corrected chi connectivity index (χ4v) is 4.56. The number of nitrogens with zero attached hydrogens (tertiary/aromatic N) is 1. The van der Waals surface area contributed by atoms with Crippen LogP contribution in [0.25, 0.3) is 6.08 Å². The fraction of sp³-hybridized carbons (Fsp3) is 0.273. The van der Waals surface area contributed by atoms with Crippen LogP contribution >= 0.6 is 11.3 Å². The van der Waals surface area contributed by atoms with E-state index >= 15 is 0 Å². The van der Waals surface area contributed by atoms with Crippen LogP contribution in [0, 0.1) is 11.3 Å². The molecule has 0 saturated heterocycles. The summed E-state index contributed by atoms with van der Waals surface area (Å²) in [5.74, 6) is -1.58. The Bertz CT molecular complexity index is 1060. The first kappa shape index (κ1) is 21.3. The second kappa shape index (κ2) is 9.37. The summed E-state index contributed by atoms with van der Waals surface area (Å²) >= 11 is 1.36. The van der Waals surface area contributed by atoms with Gasteiger partial charge in [0, 0.05) is 4.88 Å². The molecule has 0 unspecified atom stereocenters. The van der Waals surface area contributed by atoms with Gasteiger partial charge in [-0.1, -0.05) is 12.1 Å². The summed E-state index contributed by atoms with van der Waals surface area (Å²) < 4.78 is 9.55. The number of methoxy groups -OCH3 is 2. The van der Waals surface area contributed by atoms with Crippen LogP contribution in [0.1, 0.15) is 49.6 Å². The number of nitriles is 1. The third kappa shape index (κ3) is 4.42. The quantitative estimate of drug-likeness (QED) is 0.445. The van der Waals surface area contributed by atoms with Crippen molar-refractivity contribution in [2.75, 3.05) is 19.5 Å². The van der Waals surface area contributed by atoms with Crippen LogP contribution in [-0.4, -0.2) is 32.1 Å². The van der Waals surface area contributed by atoms with Crippen LogP contribution in [0.3, 0.4) is 0 Å². The number of carbonyl (C=O) groups is 3. The van der Waals surface area contributed by atoms with E-state index in [1.54, 1.807) is 24.3 Å². The zero-order valence-corrected chi connectivity index (χ0v) is 17.4. The van der Waals surface area contributed by atoms with Crippen molar-refractivity contribution in [2.45, 2.75) is 25.7 Å². The highest BCUT2D eigenvalue weighted by atomic mass is 32.1. The van der Waals surface area contributed by atoms with Gasteiger partial charge in [0.1, 0.15) is 16.6 Å². The SMILES string of the molecule is COC(=O)c1ccc(/C=C(\C#N)C(=O)Nc2sc3c(c2C(=O)OC)CCCC3)cc1. The summed E-state index contributed by atoms with van der Waals surface area (Å²) in [4.78, 5) is 37.6. The molecule has 8 heteroatoms. The molecule has 2 aromatic rings. The molecule has 1 aromatic heterocycles. The molecular weight excluding hydrogens is 404 g/mol. The number of amides is 1. The number of nitrogens with one attached hydrogen (secondary N) is 1. The van der Waals surface area contributed by atoms with Crippen LogP contribution < -0.4 is 5.32 Å². The minimum absolute atomic E-state index is 0.122. The van der Waals surface area contributed by atoms with E-state index in [0.29, 0.717) is 21.7 Å². The van der Waals surface area contributed by atoms with Gasteiger partial charge < -0.3 is 14.8 Å². The second-order valence-electron chi connectivity index (χ2n) is 6.64. The van der Waals surface area contributed by atoms with Crippen LogP contribution in [0.2, 0.25) is 0 Å². The average Bonchev–Trinajstić information content (AvgIpc) is 3.14. The zero-order valence-electron chi connectivity index (χ0n) is 16.6. The first-order chi connectivity index (χ1) is 14.5. The van der Waals surface area contributed by atoms with E-state index in [-0.39, 0.29) is 5.57 Å². The van der Waals surface area contributed by atoms with Gasteiger partial charge in [0.05, 0.1) is 25.3 Å². The predicted molar refractivity (Wildman–Crippen MR) is 112 cm³/mol. The number of esters is 2. The molecule has 1 aromatic carbocycles. The maximum atomic E-state index is 12.7. The summed E-state index contributed by atoms with van der Waals surface area (Å²) in [6.07, 6.45) is 5.05. The van der Waals surface area contributed by atoms with E-state index in [4.69, 9.17) is 4.74 Å². The Balaban J connectivity index is 1.86. The maximum Gasteiger partial charge on any atom is 0.341 e. The molecule has 0 bridgehead atoms. The number of anilines is 1. The number of rotatable bonds is 5. The molecule has 0 spiro atoms. The lowest BCUT2D eigenvalue weighted by atomic mass is 9.95. The molecule has 1 N–H and O–H groups in total. The van der Waals surface area contributed by atoms with Gasteiger partial charge in [-0.2, -0.15) is 5.26 Å². The molecule has 0 atom stereocenters. The molecule has 1 amide bonds. The van der Waals surface area contributed by atoms with Gasteiger partial charge in [-0.05, 0) is 55.0 Å². The van der Waals surface area contributed by atoms with Crippen molar-refractivity contribution >= 4 is 40.3 Å². The third-order valence-electron chi connectivity index (χ3n) is 4.80. The largest absolute Gasteiger partial charge is 0.465 e. The Hall–Kier alpha value is -3.44. The monoisotopic (exact) mass is 424 g/mol. The number of benzene rings is 1. The first-order valence-corrected chi connectivity index (χ1v) is 10.1. The van der Waals surface area contributed by atoms with Crippen molar-refractivity contribution in [3.63, 3.8) is 0 Å². The molecule has 0 saturated carbocycles. The van der Waals surface area contributed by atoms with E-state index in [0.717, 1.165) is 36.1 Å². The molecule has 30 heavy (non-hydrogen) atoms. The van der Waals surface area contributed by atoms with Crippen molar-refractivity contribution in [1.82, 2.24) is 0 Å². The molecular formula is C22H20N2O5S. The van der Waals surface area contributed by atoms with E-state index in [2.05, 4.69) is 10.1 Å². The lowest BCUT2D eigenvalue weighted by Gasteiger charge is -2.11. The Morgan fingerprint density at radius 2 is 1.73 bits per heavy atom. The van der Waals surface area contributed by atoms with Crippen molar-refractivity contribution in [3.05, 3.63) is 57.0 Å². The average molecular weight is 424 g/mol. The van der Waals surface area contributed by atoms with Crippen LogP contribution in [0.4, 0.5) is 5.00 Å². The zero-order chi connectivity index (χ0) is 21.7. The molecule has 1 aliphatic carbocycles. The highest BCUT2D eigenvalue weighted by Gasteiger charge is 2.27. The summed E-state index contributed by atoms with van der Waals surface area (Å²) in [5.41, 5.74) is 2.13. The summed E-state index contributed by atoms with van der Waals surface area (Å²) in [7, 11) is 2.60. The second-order valence-corrected chi connectivity index (χ2v) is 7.75. The van der Waals surface area contributed by atoms with Crippen LogP contribution in [-0.2, 0) is 27.1 Å². The Labute approximate surface area is 177 Å². The highest BCUT2D eigenvalue weighted by molar-refractivity contribution is 7.17. The smallest absolute Gasteiger partial charge is 0.341 e. The molecule has 7 nitrogen and oxygen atoms in total. The standard InChI is InChI=1S/C22H20N2O5S/c1-28-21(26)14-9-7-13(8-10-14)11-15(12-23)19(25)24-20-18(22(27)29-2)16-5-3-4-6-17(16)30-20/h7-11H,3-6H2,1-2H3,(H,24,25)/b15-11+. The minimum atomic E-state index is -0.613. The van der Waals surface area contributed by atoms with Crippen molar-refractivity contribution in [2.24, 2.45) is 0 Å². The normalized spacial score (nSPS) is 13.0. The maximum absolute atomic E-state index is 12.7. The lowest BCUT2D eigenvalue weighted by molar-refractivity contribution is -0.112. The summed E-state index contributed by atoms with van der Waals surface area (Å²) in [6.45, 7) is 0. The summed E-state index contributed by atoms with van der Waals surface area (Å²) in [6, 6.07) is 8.21. The topological polar surface area (TPSA) is 105 Å². The van der Waals surface area contributed by atoms with Crippen molar-refractivity contribution < 1.29 is 23.9 Å². The third-order valence-corrected chi connectivity index (χ3v) is 6.00. The lowest BCUT2D eigenvalue weighted by Crippen LogP contribution is -2.16. The number of carbonyl (C=O) groups excluding carboxylic acids is 3. The van der Waals surface area contributed by atoms with Gasteiger partial charge in [-0.3, -0.25) is 4.79 Å². The van der Waals surface area contributed by atoms with Gasteiger partial charge >= 0.3 is 11.9 Å². The van der Waals surface area contributed by atoms with E-state index in [1.165, 1.54) is 31.6 Å².